The number of rotatable bonds is 5. The van der Waals surface area contributed by atoms with Crippen LogP contribution in [-0.4, -0.2) is 58.7 Å². The molecule has 6 rings (SSSR count). The third kappa shape index (κ3) is 3.57. The number of hydrogen-bond acceptors (Lipinski definition) is 6. The number of amides is 3. The summed E-state index contributed by atoms with van der Waals surface area (Å²) < 4.78 is 5.49. The first-order valence-electron chi connectivity index (χ1n) is 12.0. The van der Waals surface area contributed by atoms with Crippen LogP contribution in [0.5, 0.6) is 5.88 Å². The summed E-state index contributed by atoms with van der Waals surface area (Å²) in [6, 6.07) is 9.19. The van der Waals surface area contributed by atoms with Crippen molar-refractivity contribution in [2.24, 2.45) is 5.41 Å². The molecule has 1 aromatic heterocycles. The van der Waals surface area contributed by atoms with Gasteiger partial charge in [-0.05, 0) is 54.0 Å². The molecule has 8 heteroatoms. The zero-order valence-corrected chi connectivity index (χ0v) is 19.3. The zero-order chi connectivity index (χ0) is 23.4. The summed E-state index contributed by atoms with van der Waals surface area (Å²) >= 11 is 0. The first-order valence-corrected chi connectivity index (χ1v) is 12.0. The number of imide groups is 1. The van der Waals surface area contributed by atoms with Gasteiger partial charge in [0.15, 0.2) is 0 Å². The number of nitrogens with one attached hydrogen (secondary N) is 1. The second-order valence-electron chi connectivity index (χ2n) is 10.2. The van der Waals surface area contributed by atoms with E-state index in [1.807, 2.05) is 24.3 Å². The molecule has 1 N–H and O–H groups in total. The summed E-state index contributed by atoms with van der Waals surface area (Å²) in [7, 11) is 1.63. The minimum Gasteiger partial charge on any atom is -0.481 e. The van der Waals surface area contributed by atoms with Gasteiger partial charge in [-0.25, -0.2) is 4.98 Å². The number of fused-ring (bicyclic) bond motifs is 1. The molecule has 1 unspecified atom stereocenters. The lowest BCUT2D eigenvalue weighted by Gasteiger charge is -2.56. The Morgan fingerprint density at radius 1 is 1.15 bits per heavy atom. The second kappa shape index (κ2) is 7.91. The van der Waals surface area contributed by atoms with Gasteiger partial charge in [-0.2, -0.15) is 0 Å². The molecule has 4 aliphatic rings. The summed E-state index contributed by atoms with van der Waals surface area (Å²) in [6.45, 7) is 3.57. The third-order valence-electron chi connectivity index (χ3n) is 7.83. The Hall–Kier alpha value is -3.26. The average molecular weight is 461 g/mol. The Labute approximate surface area is 198 Å². The zero-order valence-electron chi connectivity index (χ0n) is 19.3. The number of hydrogen-bond donors (Lipinski definition) is 1. The Kier molecular flexibility index (Phi) is 4.95. The molecule has 3 amide bonds. The monoisotopic (exact) mass is 460 g/mol. The van der Waals surface area contributed by atoms with Crippen LogP contribution in [0, 0.1) is 5.41 Å². The van der Waals surface area contributed by atoms with Crippen molar-refractivity contribution in [3.8, 4) is 17.1 Å². The molecule has 176 valence electrons. The van der Waals surface area contributed by atoms with E-state index >= 15 is 0 Å². The van der Waals surface area contributed by atoms with Crippen molar-refractivity contribution in [3.05, 3.63) is 47.0 Å². The highest BCUT2D eigenvalue weighted by Gasteiger charge is 2.46. The number of methoxy groups -OCH3 is 1. The minimum atomic E-state index is -0.613. The molecule has 0 radical (unpaired) electrons. The molecule has 0 bridgehead atoms. The van der Waals surface area contributed by atoms with Crippen molar-refractivity contribution in [3.63, 3.8) is 0 Å². The fourth-order valence-electron chi connectivity index (χ4n) is 5.90. The summed E-state index contributed by atoms with van der Waals surface area (Å²) in [6.07, 6.45) is 4.69. The van der Waals surface area contributed by atoms with Crippen molar-refractivity contribution in [1.29, 1.82) is 0 Å². The first-order chi connectivity index (χ1) is 16.4. The van der Waals surface area contributed by atoms with Gasteiger partial charge >= 0.3 is 0 Å². The second-order valence-corrected chi connectivity index (χ2v) is 10.2. The van der Waals surface area contributed by atoms with Crippen LogP contribution < -0.4 is 10.1 Å². The summed E-state index contributed by atoms with van der Waals surface area (Å²) in [5.74, 6) is -0.272. The van der Waals surface area contributed by atoms with Crippen LogP contribution in [0.1, 0.15) is 53.6 Å². The smallest absolute Gasteiger partial charge is 0.255 e. The van der Waals surface area contributed by atoms with Gasteiger partial charge < -0.3 is 9.64 Å². The highest BCUT2D eigenvalue weighted by Crippen LogP contribution is 2.48. The molecule has 2 saturated heterocycles. The van der Waals surface area contributed by atoms with E-state index in [1.165, 1.54) is 32.4 Å². The SMILES string of the molecule is COc1cc(CN2CC3(CCC3)C2)cc(-c2ccc3c(c2)CN(C2CCC(=O)NC2=O)C3=O)n1. The van der Waals surface area contributed by atoms with Gasteiger partial charge in [0.1, 0.15) is 6.04 Å². The van der Waals surface area contributed by atoms with Crippen molar-refractivity contribution >= 4 is 17.7 Å². The van der Waals surface area contributed by atoms with Gasteiger partial charge in [0.05, 0.1) is 12.8 Å². The van der Waals surface area contributed by atoms with Gasteiger partial charge in [-0.15, -0.1) is 0 Å². The molecule has 8 nitrogen and oxygen atoms in total. The maximum atomic E-state index is 13.0. The van der Waals surface area contributed by atoms with Crippen LogP contribution in [-0.2, 0) is 22.7 Å². The van der Waals surface area contributed by atoms with Crippen LogP contribution >= 0.6 is 0 Å². The molecule has 1 atom stereocenters. The molecule has 2 aromatic rings. The summed E-state index contributed by atoms with van der Waals surface area (Å²) in [5, 5.41) is 2.35. The highest BCUT2D eigenvalue weighted by atomic mass is 16.5. The Morgan fingerprint density at radius 2 is 1.97 bits per heavy atom. The topological polar surface area (TPSA) is 91.8 Å². The van der Waals surface area contributed by atoms with Crippen molar-refractivity contribution in [2.45, 2.75) is 51.2 Å². The van der Waals surface area contributed by atoms with E-state index < -0.39 is 11.9 Å². The quantitative estimate of drug-likeness (QED) is 0.690. The molecule has 3 fully saturated rings. The number of carbonyl (C=O) groups excluding carboxylic acids is 3. The molecule has 3 aliphatic heterocycles. The van der Waals surface area contributed by atoms with E-state index in [0.29, 0.717) is 29.8 Å². The van der Waals surface area contributed by atoms with Crippen LogP contribution in [0.25, 0.3) is 11.3 Å². The van der Waals surface area contributed by atoms with Crippen LogP contribution in [0.15, 0.2) is 30.3 Å². The van der Waals surface area contributed by atoms with Gasteiger partial charge in [-0.3, -0.25) is 24.6 Å². The molecule has 1 saturated carbocycles. The van der Waals surface area contributed by atoms with Crippen molar-refractivity contribution in [1.82, 2.24) is 20.1 Å². The molecular weight excluding hydrogens is 432 g/mol. The van der Waals surface area contributed by atoms with Gasteiger partial charge in [0.25, 0.3) is 5.91 Å². The summed E-state index contributed by atoms with van der Waals surface area (Å²) in [4.78, 5) is 45.5. The maximum absolute atomic E-state index is 13.0. The van der Waals surface area contributed by atoms with Gasteiger partial charge in [-0.1, -0.05) is 12.5 Å². The number of aromatic nitrogens is 1. The van der Waals surface area contributed by atoms with E-state index in [-0.39, 0.29) is 18.2 Å². The number of likely N-dealkylation sites (tertiary alicyclic amines) is 1. The lowest BCUT2D eigenvalue weighted by atomic mass is 9.63. The van der Waals surface area contributed by atoms with Crippen LogP contribution in [0.4, 0.5) is 0 Å². The van der Waals surface area contributed by atoms with E-state index in [1.54, 1.807) is 12.0 Å². The fourth-order valence-corrected chi connectivity index (χ4v) is 5.90. The number of carbonyl (C=O) groups is 3. The molecule has 34 heavy (non-hydrogen) atoms. The number of benzene rings is 1. The number of ether oxygens (including phenoxy) is 1. The van der Waals surface area contributed by atoms with Gasteiger partial charge in [0.2, 0.25) is 17.7 Å². The van der Waals surface area contributed by atoms with Crippen LogP contribution in [0.3, 0.4) is 0 Å². The first kappa shape index (κ1) is 21.3. The lowest BCUT2D eigenvalue weighted by Crippen LogP contribution is -2.58. The fraction of sp³-hybridized carbons (Fsp3) is 0.462. The molecule has 4 heterocycles. The maximum Gasteiger partial charge on any atom is 0.255 e. The Morgan fingerprint density at radius 3 is 2.68 bits per heavy atom. The number of pyridine rings is 1. The number of nitrogens with zero attached hydrogens (tertiary/aromatic N) is 3. The summed E-state index contributed by atoms with van der Waals surface area (Å²) in [5.41, 5.74) is 4.94. The average Bonchev–Trinajstić information content (AvgIpc) is 3.10. The van der Waals surface area contributed by atoms with E-state index in [2.05, 4.69) is 21.3 Å². The van der Waals surface area contributed by atoms with E-state index in [9.17, 15) is 14.4 Å². The van der Waals surface area contributed by atoms with Crippen LogP contribution in [0.2, 0.25) is 0 Å². The van der Waals surface area contributed by atoms with Crippen molar-refractivity contribution in [2.75, 3.05) is 20.2 Å². The molecular formula is C26H28N4O4. The highest BCUT2D eigenvalue weighted by molar-refractivity contribution is 6.05. The predicted octanol–water partition coefficient (Wildman–Crippen LogP) is 2.50. The van der Waals surface area contributed by atoms with Gasteiger partial charge in [0, 0.05) is 49.8 Å². The van der Waals surface area contributed by atoms with E-state index in [0.717, 1.165) is 28.9 Å². The van der Waals surface area contributed by atoms with Crippen molar-refractivity contribution < 1.29 is 19.1 Å². The normalized spacial score (nSPS) is 23.4. The van der Waals surface area contributed by atoms with E-state index in [4.69, 9.17) is 4.74 Å². The molecule has 1 spiro atoms. The lowest BCUT2D eigenvalue weighted by molar-refractivity contribution is -0.136. The number of piperidine rings is 1. The molecule has 1 aliphatic carbocycles. The standard InChI is InChI=1S/C26H28N4O4/c1-34-23-10-16(12-29-14-26(15-29)7-2-8-26)9-20(27-23)17-3-4-19-18(11-17)13-30(25(19)33)21-5-6-22(31)28-24(21)32/h3-4,9-11,21H,2,5-8,12-15H2,1H3,(H,28,31,32). The minimum absolute atomic E-state index is 0.168. The largest absolute Gasteiger partial charge is 0.481 e. The Bertz CT molecular complexity index is 1200. The Balaban J connectivity index is 1.23. The predicted molar refractivity (Wildman–Crippen MR) is 124 cm³/mol. The molecule has 1 aromatic carbocycles. The third-order valence-corrected chi connectivity index (χ3v) is 7.83.